The van der Waals surface area contributed by atoms with E-state index in [-0.39, 0.29) is 11.8 Å². The van der Waals surface area contributed by atoms with Gasteiger partial charge in [-0.3, -0.25) is 9.59 Å². The molecule has 176 valence electrons. The minimum atomic E-state index is -0.232. The molecule has 2 aromatic rings. The number of nitrogens with zero attached hydrogens (tertiary/aromatic N) is 1. The highest BCUT2D eigenvalue weighted by atomic mass is 35.5. The van der Waals surface area contributed by atoms with Crippen LogP contribution >= 0.6 is 11.6 Å². The number of amides is 2. The van der Waals surface area contributed by atoms with E-state index < -0.39 is 0 Å². The van der Waals surface area contributed by atoms with E-state index in [0.29, 0.717) is 34.4 Å². The fraction of sp³-hybridized carbons (Fsp3) is 0.481. The molecule has 2 fully saturated rings. The number of carbonyl (C=O) groups is 2. The largest absolute Gasteiger partial charge is 0.494 e. The molecule has 2 aromatic carbocycles. The van der Waals surface area contributed by atoms with Crippen LogP contribution in [0.5, 0.6) is 5.75 Å². The van der Waals surface area contributed by atoms with Crippen LogP contribution in [0, 0.1) is 11.8 Å². The molecule has 0 radical (unpaired) electrons. The van der Waals surface area contributed by atoms with E-state index in [0.717, 1.165) is 44.0 Å². The van der Waals surface area contributed by atoms with Crippen molar-refractivity contribution in [1.82, 2.24) is 4.90 Å². The van der Waals surface area contributed by atoms with Crippen LogP contribution in [0.1, 0.15) is 72.6 Å². The van der Waals surface area contributed by atoms with Gasteiger partial charge in [0.1, 0.15) is 5.75 Å². The molecule has 33 heavy (non-hydrogen) atoms. The van der Waals surface area contributed by atoms with Gasteiger partial charge in [0.2, 0.25) is 0 Å². The van der Waals surface area contributed by atoms with Crippen molar-refractivity contribution in [3.05, 3.63) is 58.6 Å². The third-order valence-electron chi connectivity index (χ3n) is 6.92. The normalized spacial score (nSPS) is 20.1. The van der Waals surface area contributed by atoms with Gasteiger partial charge in [-0.05, 0) is 73.6 Å². The standard InChI is InChI=1S/C27H33ClN2O3/c1-2-3-16-33-23-11-8-20(9-12-23)26(31)29-22-10-13-24(25(28)17-22)27(32)30-15-14-19-6-4-5-7-21(19)18-30/h8-13,17,19,21H,2-7,14-16,18H2,1H3,(H,29,31)/t19-,21+/m1/s1. The summed E-state index contributed by atoms with van der Waals surface area (Å²) in [6.45, 7) is 4.42. The van der Waals surface area contributed by atoms with Gasteiger partial charge in [-0.1, -0.05) is 44.2 Å². The number of hydrogen-bond donors (Lipinski definition) is 1. The third kappa shape index (κ3) is 5.89. The predicted molar refractivity (Wildman–Crippen MR) is 132 cm³/mol. The average Bonchev–Trinajstić information content (AvgIpc) is 2.84. The van der Waals surface area contributed by atoms with Gasteiger partial charge in [-0.25, -0.2) is 0 Å². The second-order valence-electron chi connectivity index (χ2n) is 9.22. The number of ether oxygens (including phenoxy) is 1. The fourth-order valence-electron chi connectivity index (χ4n) is 4.96. The highest BCUT2D eigenvalue weighted by molar-refractivity contribution is 6.34. The molecule has 0 bridgehead atoms. The molecule has 0 spiro atoms. The monoisotopic (exact) mass is 468 g/mol. The predicted octanol–water partition coefficient (Wildman–Crippen LogP) is 6.42. The van der Waals surface area contributed by atoms with E-state index >= 15 is 0 Å². The number of benzene rings is 2. The van der Waals surface area contributed by atoms with Crippen LogP contribution in [-0.2, 0) is 0 Å². The van der Waals surface area contributed by atoms with Gasteiger partial charge in [-0.2, -0.15) is 0 Å². The minimum absolute atomic E-state index is 0.0134. The Labute approximate surface area is 201 Å². The first-order valence-electron chi connectivity index (χ1n) is 12.2. The number of anilines is 1. The quantitative estimate of drug-likeness (QED) is 0.476. The van der Waals surface area contributed by atoms with Crippen molar-refractivity contribution < 1.29 is 14.3 Å². The summed E-state index contributed by atoms with van der Waals surface area (Å²) in [6, 6.07) is 12.2. The molecular weight excluding hydrogens is 436 g/mol. The molecule has 2 aliphatic rings. The van der Waals surface area contributed by atoms with E-state index in [1.807, 2.05) is 4.90 Å². The van der Waals surface area contributed by atoms with Crippen LogP contribution in [0.2, 0.25) is 5.02 Å². The van der Waals surface area contributed by atoms with E-state index in [2.05, 4.69) is 12.2 Å². The van der Waals surface area contributed by atoms with Crippen LogP contribution in [-0.4, -0.2) is 36.4 Å². The van der Waals surface area contributed by atoms with Crippen molar-refractivity contribution >= 4 is 29.1 Å². The Balaban J connectivity index is 1.36. The van der Waals surface area contributed by atoms with E-state index in [1.165, 1.54) is 25.7 Å². The Kier molecular flexibility index (Phi) is 7.92. The number of piperidine rings is 1. The molecule has 5 nitrogen and oxygen atoms in total. The van der Waals surface area contributed by atoms with Gasteiger partial charge in [0.05, 0.1) is 17.2 Å². The van der Waals surface area contributed by atoms with Gasteiger partial charge in [-0.15, -0.1) is 0 Å². The van der Waals surface area contributed by atoms with Crippen molar-refractivity contribution in [2.45, 2.75) is 51.9 Å². The zero-order chi connectivity index (χ0) is 23.2. The van der Waals surface area contributed by atoms with Crippen LogP contribution in [0.4, 0.5) is 5.69 Å². The Bertz CT molecular complexity index is 976. The van der Waals surface area contributed by atoms with Crippen LogP contribution in [0.15, 0.2) is 42.5 Å². The average molecular weight is 469 g/mol. The van der Waals surface area contributed by atoms with Crippen molar-refractivity contribution in [3.63, 3.8) is 0 Å². The van der Waals surface area contributed by atoms with Gasteiger partial charge in [0, 0.05) is 24.3 Å². The number of likely N-dealkylation sites (tertiary alicyclic amines) is 1. The number of hydrogen-bond acceptors (Lipinski definition) is 3. The Hall–Kier alpha value is -2.53. The van der Waals surface area contributed by atoms with Crippen molar-refractivity contribution in [2.75, 3.05) is 25.0 Å². The van der Waals surface area contributed by atoms with E-state index in [9.17, 15) is 9.59 Å². The topological polar surface area (TPSA) is 58.6 Å². The lowest BCUT2D eigenvalue weighted by molar-refractivity contribution is 0.0521. The van der Waals surface area contributed by atoms with Gasteiger partial charge < -0.3 is 15.0 Å². The molecule has 1 aliphatic carbocycles. The molecule has 1 saturated heterocycles. The molecule has 0 aromatic heterocycles. The molecule has 4 rings (SSSR count). The maximum Gasteiger partial charge on any atom is 0.255 e. The van der Waals surface area contributed by atoms with Crippen molar-refractivity contribution in [2.24, 2.45) is 11.8 Å². The highest BCUT2D eigenvalue weighted by Crippen LogP contribution is 2.37. The first-order valence-corrected chi connectivity index (χ1v) is 12.6. The van der Waals surface area contributed by atoms with Gasteiger partial charge in [0.15, 0.2) is 0 Å². The summed E-state index contributed by atoms with van der Waals surface area (Å²) in [5.41, 5.74) is 1.60. The van der Waals surface area contributed by atoms with Crippen molar-refractivity contribution in [1.29, 1.82) is 0 Å². The molecule has 6 heteroatoms. The Morgan fingerprint density at radius 1 is 1.06 bits per heavy atom. The molecule has 2 atom stereocenters. The summed E-state index contributed by atoms with van der Waals surface area (Å²) in [5, 5.41) is 3.23. The summed E-state index contributed by atoms with van der Waals surface area (Å²) in [5.74, 6) is 1.90. The van der Waals surface area contributed by atoms with E-state index in [1.54, 1.807) is 42.5 Å². The summed E-state index contributed by atoms with van der Waals surface area (Å²) in [6.07, 6.45) is 8.28. The second kappa shape index (κ2) is 11.1. The first-order chi connectivity index (χ1) is 16.0. The molecule has 1 saturated carbocycles. The zero-order valence-corrected chi connectivity index (χ0v) is 20.1. The second-order valence-corrected chi connectivity index (χ2v) is 9.63. The Morgan fingerprint density at radius 3 is 2.55 bits per heavy atom. The number of carbonyl (C=O) groups excluding carboxylic acids is 2. The highest BCUT2D eigenvalue weighted by Gasteiger charge is 2.33. The molecule has 1 aliphatic heterocycles. The summed E-state index contributed by atoms with van der Waals surface area (Å²) in [7, 11) is 0. The molecular formula is C27H33ClN2O3. The Morgan fingerprint density at radius 2 is 1.82 bits per heavy atom. The number of nitrogens with one attached hydrogen (secondary N) is 1. The molecule has 1 heterocycles. The van der Waals surface area contributed by atoms with Crippen LogP contribution in [0.3, 0.4) is 0 Å². The molecule has 2 amide bonds. The third-order valence-corrected chi connectivity index (χ3v) is 7.23. The SMILES string of the molecule is CCCCOc1ccc(C(=O)Nc2ccc(C(=O)N3CC[C@H]4CCCC[C@H]4C3)c(Cl)c2)cc1. The maximum atomic E-state index is 13.1. The summed E-state index contributed by atoms with van der Waals surface area (Å²) < 4.78 is 5.64. The van der Waals surface area contributed by atoms with Crippen LogP contribution < -0.4 is 10.1 Å². The smallest absolute Gasteiger partial charge is 0.255 e. The summed E-state index contributed by atoms with van der Waals surface area (Å²) >= 11 is 6.48. The molecule has 0 unspecified atom stereocenters. The van der Waals surface area contributed by atoms with Crippen LogP contribution in [0.25, 0.3) is 0 Å². The van der Waals surface area contributed by atoms with Gasteiger partial charge >= 0.3 is 0 Å². The minimum Gasteiger partial charge on any atom is -0.494 e. The number of rotatable bonds is 7. The molecule has 1 N–H and O–H groups in total. The van der Waals surface area contributed by atoms with Gasteiger partial charge in [0.25, 0.3) is 11.8 Å². The lowest BCUT2D eigenvalue weighted by atomic mass is 9.75. The van der Waals surface area contributed by atoms with Crippen molar-refractivity contribution in [3.8, 4) is 5.75 Å². The number of unbranched alkanes of at least 4 members (excludes halogenated alkanes) is 1. The first kappa shape index (κ1) is 23.6. The number of halogens is 1. The lowest BCUT2D eigenvalue weighted by Gasteiger charge is -2.41. The number of fused-ring (bicyclic) bond motifs is 1. The fourth-order valence-corrected chi connectivity index (χ4v) is 5.22. The van der Waals surface area contributed by atoms with E-state index in [4.69, 9.17) is 16.3 Å². The lowest BCUT2D eigenvalue weighted by Crippen LogP contribution is -2.44. The zero-order valence-electron chi connectivity index (χ0n) is 19.3. The maximum absolute atomic E-state index is 13.1. The summed E-state index contributed by atoms with van der Waals surface area (Å²) in [4.78, 5) is 27.7.